The zero-order chi connectivity index (χ0) is 10.5. The van der Waals surface area contributed by atoms with Crippen LogP contribution in [0.4, 0.5) is 0 Å². The summed E-state index contributed by atoms with van der Waals surface area (Å²) in [4.78, 5) is 0.436. The second-order valence-corrected chi connectivity index (χ2v) is 6.59. The lowest BCUT2D eigenvalue weighted by Crippen LogP contribution is -2.42. The molecule has 4 heteroatoms. The van der Waals surface area contributed by atoms with Gasteiger partial charge in [-0.05, 0) is 25.0 Å². The monoisotopic (exact) mass is 224 g/mol. The zero-order valence-corrected chi connectivity index (χ0v) is 9.03. The number of hydrogen-bond acceptors (Lipinski definition) is 3. The van der Waals surface area contributed by atoms with E-state index in [4.69, 9.17) is 4.74 Å². The van der Waals surface area contributed by atoms with Gasteiger partial charge in [-0.25, -0.2) is 8.42 Å². The van der Waals surface area contributed by atoms with Crippen molar-refractivity contribution < 1.29 is 13.2 Å². The fourth-order valence-electron chi connectivity index (χ4n) is 2.13. The van der Waals surface area contributed by atoms with Crippen LogP contribution in [-0.4, -0.2) is 25.9 Å². The molecule has 0 aromatic heterocycles. The van der Waals surface area contributed by atoms with Gasteiger partial charge < -0.3 is 4.74 Å². The lowest BCUT2D eigenvalue weighted by Gasteiger charge is -2.32. The lowest BCUT2D eigenvalue weighted by atomic mass is 9.85. The smallest absolute Gasteiger partial charge is 0.181 e. The third-order valence-corrected chi connectivity index (χ3v) is 5.40. The van der Waals surface area contributed by atoms with Gasteiger partial charge >= 0.3 is 0 Å². The van der Waals surface area contributed by atoms with Gasteiger partial charge in [0.05, 0.1) is 22.4 Å². The van der Waals surface area contributed by atoms with E-state index >= 15 is 0 Å². The number of sulfone groups is 1. The van der Waals surface area contributed by atoms with Gasteiger partial charge in [-0.3, -0.25) is 0 Å². The number of ether oxygens (including phenoxy) is 1. The van der Waals surface area contributed by atoms with Crippen LogP contribution in [0.3, 0.4) is 0 Å². The maximum absolute atomic E-state index is 12.1. The number of rotatable bonds is 2. The minimum atomic E-state index is -3.11. The van der Waals surface area contributed by atoms with Crippen molar-refractivity contribution in [1.29, 1.82) is 0 Å². The summed E-state index contributed by atoms with van der Waals surface area (Å²) >= 11 is 0. The third kappa shape index (κ3) is 1.40. The van der Waals surface area contributed by atoms with E-state index in [9.17, 15) is 8.42 Å². The van der Waals surface area contributed by atoms with Gasteiger partial charge in [-0.2, -0.15) is 0 Å². The van der Waals surface area contributed by atoms with Crippen LogP contribution in [0.15, 0.2) is 35.2 Å². The normalized spacial score (nSPS) is 33.7. The molecule has 1 saturated heterocycles. The van der Waals surface area contributed by atoms with Crippen molar-refractivity contribution in [1.82, 2.24) is 0 Å². The van der Waals surface area contributed by atoms with Gasteiger partial charge in [0.15, 0.2) is 9.84 Å². The fraction of sp³-hybridized carbons (Fsp3) is 0.455. The Balaban J connectivity index is 1.86. The highest BCUT2D eigenvalue weighted by Gasteiger charge is 2.59. The van der Waals surface area contributed by atoms with Crippen molar-refractivity contribution in [2.45, 2.75) is 28.6 Å². The van der Waals surface area contributed by atoms with E-state index in [0.717, 1.165) is 6.61 Å². The minimum absolute atomic E-state index is 0.0491. The number of benzene rings is 1. The molecule has 0 amide bonds. The van der Waals surface area contributed by atoms with Crippen LogP contribution < -0.4 is 0 Å². The molecule has 0 unspecified atom stereocenters. The first kappa shape index (κ1) is 9.36. The Morgan fingerprint density at radius 3 is 2.33 bits per heavy atom. The van der Waals surface area contributed by atoms with E-state index < -0.39 is 9.84 Å². The summed E-state index contributed by atoms with van der Waals surface area (Å²) in [5.74, 6) is 0. The Morgan fingerprint density at radius 1 is 1.20 bits per heavy atom. The molecule has 1 spiro atoms. The van der Waals surface area contributed by atoms with Crippen LogP contribution >= 0.6 is 0 Å². The second kappa shape index (κ2) is 2.83. The molecular weight excluding hydrogens is 212 g/mol. The Kier molecular flexibility index (Phi) is 1.77. The Bertz CT molecular complexity index is 466. The molecule has 80 valence electrons. The van der Waals surface area contributed by atoms with E-state index in [2.05, 4.69) is 0 Å². The van der Waals surface area contributed by atoms with Crippen LogP contribution in [0.1, 0.15) is 12.8 Å². The summed E-state index contributed by atoms with van der Waals surface area (Å²) in [6.07, 6.45) is 1.34. The Hall–Kier alpha value is -0.870. The summed E-state index contributed by atoms with van der Waals surface area (Å²) in [7, 11) is -3.11. The van der Waals surface area contributed by atoms with Crippen LogP contribution in [0.25, 0.3) is 0 Å². The Morgan fingerprint density at radius 2 is 1.80 bits per heavy atom. The summed E-state index contributed by atoms with van der Waals surface area (Å²) < 4.78 is 29.4. The number of hydrogen-bond donors (Lipinski definition) is 0. The van der Waals surface area contributed by atoms with Crippen LogP contribution in [0, 0.1) is 0 Å². The van der Waals surface area contributed by atoms with E-state index in [1.807, 2.05) is 6.07 Å². The highest BCUT2D eigenvalue weighted by Crippen LogP contribution is 2.50. The summed E-state index contributed by atoms with van der Waals surface area (Å²) in [6, 6.07) is 8.66. The molecule has 0 atom stereocenters. The van der Waals surface area contributed by atoms with Gasteiger partial charge in [0.1, 0.15) is 0 Å². The quantitative estimate of drug-likeness (QED) is 0.713. The highest BCUT2D eigenvalue weighted by molar-refractivity contribution is 7.92. The lowest BCUT2D eigenvalue weighted by molar-refractivity contribution is 0.202. The van der Waals surface area contributed by atoms with Crippen molar-refractivity contribution in [2.24, 2.45) is 0 Å². The molecule has 1 saturated carbocycles. The van der Waals surface area contributed by atoms with Gasteiger partial charge in [0.25, 0.3) is 0 Å². The summed E-state index contributed by atoms with van der Waals surface area (Å²) in [5.41, 5.74) is -0.0491. The largest absolute Gasteiger partial charge is 0.370 e. The van der Waals surface area contributed by atoms with Gasteiger partial charge in [-0.1, -0.05) is 18.2 Å². The second-order valence-electron chi connectivity index (χ2n) is 4.36. The van der Waals surface area contributed by atoms with Crippen LogP contribution in [0.5, 0.6) is 0 Å². The minimum Gasteiger partial charge on any atom is -0.370 e. The molecule has 1 aliphatic heterocycles. The average Bonchev–Trinajstić information content (AvgIpc) is 2.96. The van der Waals surface area contributed by atoms with Gasteiger partial charge in [0.2, 0.25) is 0 Å². The van der Waals surface area contributed by atoms with Gasteiger partial charge in [0, 0.05) is 0 Å². The van der Waals surface area contributed by atoms with Crippen molar-refractivity contribution in [3.63, 3.8) is 0 Å². The van der Waals surface area contributed by atoms with E-state index in [-0.39, 0.29) is 10.9 Å². The molecule has 1 heterocycles. The maximum atomic E-state index is 12.1. The van der Waals surface area contributed by atoms with Gasteiger partial charge in [-0.15, -0.1) is 0 Å². The molecule has 1 aromatic carbocycles. The molecule has 2 fully saturated rings. The standard InChI is InChI=1S/C11H12O3S/c12-15(13,9-4-2-1-3-5-9)10-6-11(7-10)8-14-11/h1-5,10H,6-8H2. The highest BCUT2D eigenvalue weighted by atomic mass is 32.2. The molecule has 3 rings (SSSR count). The third-order valence-electron chi connectivity index (χ3n) is 3.26. The van der Waals surface area contributed by atoms with Crippen molar-refractivity contribution in [2.75, 3.05) is 6.61 Å². The van der Waals surface area contributed by atoms with E-state index in [1.165, 1.54) is 0 Å². The number of epoxide rings is 1. The molecule has 15 heavy (non-hydrogen) atoms. The summed E-state index contributed by atoms with van der Waals surface area (Å²) in [5, 5.41) is -0.234. The zero-order valence-electron chi connectivity index (χ0n) is 8.22. The molecule has 0 bridgehead atoms. The predicted molar refractivity (Wildman–Crippen MR) is 55.3 cm³/mol. The molecule has 2 aliphatic rings. The Labute approximate surface area is 89.0 Å². The molecule has 1 aliphatic carbocycles. The molecule has 0 N–H and O–H groups in total. The SMILES string of the molecule is O=S(=O)(c1ccccc1)C1CC2(CO2)C1. The van der Waals surface area contributed by atoms with Crippen molar-refractivity contribution in [3.05, 3.63) is 30.3 Å². The van der Waals surface area contributed by atoms with Crippen molar-refractivity contribution >= 4 is 9.84 Å². The molecular formula is C11H12O3S. The van der Waals surface area contributed by atoms with E-state index in [0.29, 0.717) is 17.7 Å². The first-order valence-electron chi connectivity index (χ1n) is 5.05. The molecule has 3 nitrogen and oxygen atoms in total. The summed E-state index contributed by atoms with van der Waals surface area (Å²) in [6.45, 7) is 0.744. The van der Waals surface area contributed by atoms with Crippen molar-refractivity contribution in [3.8, 4) is 0 Å². The van der Waals surface area contributed by atoms with Crippen LogP contribution in [-0.2, 0) is 14.6 Å². The molecule has 1 aromatic rings. The molecule has 0 radical (unpaired) electrons. The van der Waals surface area contributed by atoms with E-state index in [1.54, 1.807) is 24.3 Å². The first-order chi connectivity index (χ1) is 7.12. The topological polar surface area (TPSA) is 46.7 Å². The average molecular weight is 224 g/mol. The first-order valence-corrected chi connectivity index (χ1v) is 6.60. The maximum Gasteiger partial charge on any atom is 0.181 e. The van der Waals surface area contributed by atoms with Crippen LogP contribution in [0.2, 0.25) is 0 Å². The fourth-order valence-corrected chi connectivity index (χ4v) is 4.10. The predicted octanol–water partition coefficient (Wildman–Crippen LogP) is 1.39.